The van der Waals surface area contributed by atoms with Gasteiger partial charge < -0.3 is 15.4 Å². The third-order valence-electron chi connectivity index (χ3n) is 4.28. The van der Waals surface area contributed by atoms with Crippen molar-refractivity contribution >= 4 is 16.9 Å². The van der Waals surface area contributed by atoms with E-state index in [2.05, 4.69) is 6.92 Å². The molecular formula is C19H25NO4. The number of aromatic nitrogens is 1. The number of rotatable bonds is 9. The summed E-state index contributed by atoms with van der Waals surface area (Å²) in [4.78, 5) is 10.7. The van der Waals surface area contributed by atoms with E-state index in [1.54, 1.807) is 18.2 Å². The molecule has 1 aromatic carbocycles. The van der Waals surface area contributed by atoms with Gasteiger partial charge in [-0.2, -0.15) is 4.73 Å². The molecule has 0 radical (unpaired) electrons. The van der Waals surface area contributed by atoms with E-state index in [-0.39, 0.29) is 12.2 Å². The molecule has 0 bridgehead atoms. The Balaban J connectivity index is 2.17. The van der Waals surface area contributed by atoms with E-state index in [0.717, 1.165) is 23.1 Å². The normalized spacial score (nSPS) is 11.0. The maximum Gasteiger partial charge on any atom is 0.303 e. The standard InChI is InChI=1S/C19H25NO4/c1-2-3-4-5-6-7-15-13-18(21)16-12-14(9-11-19(22)23)8-10-17(16)20(15)24/h8,10,12-13,21H,2-7,9,11H2,1H3,(H,22,23). The van der Waals surface area contributed by atoms with Crippen molar-refractivity contribution in [2.24, 2.45) is 0 Å². The summed E-state index contributed by atoms with van der Waals surface area (Å²) in [6.45, 7) is 2.16. The lowest BCUT2D eigenvalue weighted by molar-refractivity contribution is -0.586. The van der Waals surface area contributed by atoms with Crippen molar-refractivity contribution in [3.8, 4) is 5.75 Å². The maximum absolute atomic E-state index is 12.5. The van der Waals surface area contributed by atoms with Gasteiger partial charge in [0.1, 0.15) is 5.75 Å². The average molecular weight is 331 g/mol. The van der Waals surface area contributed by atoms with Gasteiger partial charge >= 0.3 is 5.97 Å². The Hall–Kier alpha value is -2.30. The molecule has 0 amide bonds. The molecule has 0 atom stereocenters. The van der Waals surface area contributed by atoms with Crippen LogP contribution in [0.4, 0.5) is 0 Å². The number of benzene rings is 1. The number of carboxylic acid groups (broad SMARTS) is 1. The number of aryl methyl sites for hydroxylation is 2. The van der Waals surface area contributed by atoms with Crippen LogP contribution >= 0.6 is 0 Å². The van der Waals surface area contributed by atoms with Crippen molar-refractivity contribution in [1.82, 2.24) is 0 Å². The number of aromatic hydroxyl groups is 1. The fraction of sp³-hybridized carbons (Fsp3) is 0.474. The lowest BCUT2D eigenvalue weighted by atomic mass is 10.0. The van der Waals surface area contributed by atoms with Crippen LogP contribution in [0.25, 0.3) is 10.9 Å². The number of hydrogen-bond acceptors (Lipinski definition) is 3. The van der Waals surface area contributed by atoms with Crippen LogP contribution in [-0.2, 0) is 17.6 Å². The molecule has 1 aromatic heterocycles. The topological polar surface area (TPSA) is 84.5 Å². The van der Waals surface area contributed by atoms with Crippen molar-refractivity contribution in [1.29, 1.82) is 0 Å². The van der Waals surface area contributed by atoms with E-state index in [0.29, 0.717) is 29.4 Å². The zero-order valence-electron chi connectivity index (χ0n) is 14.1. The van der Waals surface area contributed by atoms with E-state index in [1.807, 2.05) is 0 Å². The number of carboxylic acids is 1. The lowest BCUT2D eigenvalue weighted by Crippen LogP contribution is -2.32. The Morgan fingerprint density at radius 2 is 1.88 bits per heavy atom. The smallest absolute Gasteiger partial charge is 0.303 e. The number of pyridine rings is 1. The van der Waals surface area contributed by atoms with E-state index in [4.69, 9.17) is 5.11 Å². The summed E-state index contributed by atoms with van der Waals surface area (Å²) in [7, 11) is 0. The van der Waals surface area contributed by atoms with E-state index >= 15 is 0 Å². The summed E-state index contributed by atoms with van der Waals surface area (Å²) >= 11 is 0. The van der Waals surface area contributed by atoms with E-state index in [9.17, 15) is 15.1 Å². The summed E-state index contributed by atoms with van der Waals surface area (Å²) in [5, 5.41) is 32.0. The van der Waals surface area contributed by atoms with Gasteiger partial charge in [-0.3, -0.25) is 4.79 Å². The van der Waals surface area contributed by atoms with Gasteiger partial charge in [0.25, 0.3) is 0 Å². The number of nitrogens with zero attached hydrogens (tertiary/aromatic N) is 1. The van der Waals surface area contributed by atoms with E-state index in [1.165, 1.54) is 25.3 Å². The van der Waals surface area contributed by atoms with Crippen LogP contribution in [0.3, 0.4) is 0 Å². The zero-order chi connectivity index (χ0) is 17.5. The average Bonchev–Trinajstić information content (AvgIpc) is 2.57. The highest BCUT2D eigenvalue weighted by atomic mass is 16.5. The number of fused-ring (bicyclic) bond motifs is 1. The molecule has 2 N–H and O–H groups in total. The van der Waals surface area contributed by atoms with Crippen LogP contribution in [0.1, 0.15) is 56.7 Å². The first-order valence-electron chi connectivity index (χ1n) is 8.61. The first-order valence-corrected chi connectivity index (χ1v) is 8.61. The molecule has 0 aliphatic rings. The first-order chi connectivity index (χ1) is 11.5. The zero-order valence-corrected chi connectivity index (χ0v) is 14.1. The Kier molecular flexibility index (Phi) is 6.41. The molecule has 0 fully saturated rings. The quantitative estimate of drug-likeness (QED) is 0.417. The van der Waals surface area contributed by atoms with E-state index < -0.39 is 5.97 Å². The molecule has 0 spiro atoms. The molecule has 2 aromatic rings. The largest absolute Gasteiger partial charge is 0.618 e. The van der Waals surface area contributed by atoms with Crippen LogP contribution in [0.2, 0.25) is 0 Å². The Morgan fingerprint density at radius 3 is 2.58 bits per heavy atom. The number of aliphatic carboxylic acids is 1. The van der Waals surface area contributed by atoms with Gasteiger partial charge in [0, 0.05) is 25.0 Å². The monoisotopic (exact) mass is 331 g/mol. The minimum Gasteiger partial charge on any atom is -0.618 e. The van der Waals surface area contributed by atoms with Crippen LogP contribution in [0.15, 0.2) is 24.3 Å². The molecule has 0 unspecified atom stereocenters. The second-order valence-corrected chi connectivity index (χ2v) is 6.22. The minimum absolute atomic E-state index is 0.0273. The van der Waals surface area contributed by atoms with Gasteiger partial charge in [-0.15, -0.1) is 0 Å². The van der Waals surface area contributed by atoms with Crippen molar-refractivity contribution in [2.75, 3.05) is 0 Å². The second-order valence-electron chi connectivity index (χ2n) is 6.22. The van der Waals surface area contributed by atoms with Crippen LogP contribution < -0.4 is 4.73 Å². The predicted octanol–water partition coefficient (Wildman–Crippen LogP) is 3.71. The highest BCUT2D eigenvalue weighted by molar-refractivity contribution is 5.83. The maximum atomic E-state index is 12.5. The molecule has 24 heavy (non-hydrogen) atoms. The molecule has 1 heterocycles. The molecular weight excluding hydrogens is 306 g/mol. The molecule has 2 rings (SSSR count). The summed E-state index contributed by atoms with van der Waals surface area (Å²) in [5.41, 5.74) is 1.81. The predicted molar refractivity (Wildman–Crippen MR) is 93.0 cm³/mol. The SMILES string of the molecule is CCCCCCCc1cc(O)c2cc(CCC(=O)O)ccc2[n+]1[O-]. The third-order valence-corrected chi connectivity index (χ3v) is 4.28. The van der Waals surface area contributed by atoms with Gasteiger partial charge in [-0.25, -0.2) is 0 Å². The fourth-order valence-electron chi connectivity index (χ4n) is 2.90. The Labute approximate surface area is 142 Å². The van der Waals surface area contributed by atoms with Crippen molar-refractivity contribution in [3.63, 3.8) is 0 Å². The summed E-state index contributed by atoms with van der Waals surface area (Å²) in [6, 6.07) is 6.66. The van der Waals surface area contributed by atoms with Gasteiger partial charge in [0.2, 0.25) is 5.52 Å². The van der Waals surface area contributed by atoms with Gasteiger partial charge in [0.05, 0.1) is 5.39 Å². The lowest BCUT2D eigenvalue weighted by Gasteiger charge is -2.10. The number of unbranched alkanes of at least 4 members (excludes halogenated alkanes) is 4. The Bertz CT molecular complexity index is 712. The summed E-state index contributed by atoms with van der Waals surface area (Å²) < 4.78 is 0.885. The molecule has 130 valence electrons. The number of hydrogen-bond donors (Lipinski definition) is 2. The van der Waals surface area contributed by atoms with Gasteiger partial charge in [0.15, 0.2) is 5.69 Å². The highest BCUT2D eigenvalue weighted by Crippen LogP contribution is 2.25. The second kappa shape index (κ2) is 8.52. The highest BCUT2D eigenvalue weighted by Gasteiger charge is 2.15. The minimum atomic E-state index is -0.864. The number of carbonyl (C=O) groups is 1. The Morgan fingerprint density at radius 1 is 1.12 bits per heavy atom. The summed E-state index contributed by atoms with van der Waals surface area (Å²) in [6.07, 6.45) is 6.63. The van der Waals surface area contributed by atoms with Crippen LogP contribution in [0, 0.1) is 5.21 Å². The van der Waals surface area contributed by atoms with Crippen molar-refractivity contribution in [3.05, 3.63) is 40.7 Å². The molecule has 0 saturated heterocycles. The van der Waals surface area contributed by atoms with Crippen molar-refractivity contribution in [2.45, 2.75) is 58.3 Å². The van der Waals surface area contributed by atoms with Crippen molar-refractivity contribution < 1.29 is 19.7 Å². The fourth-order valence-corrected chi connectivity index (χ4v) is 2.90. The molecule has 0 aliphatic heterocycles. The molecule has 0 saturated carbocycles. The molecule has 0 aliphatic carbocycles. The van der Waals surface area contributed by atoms with Gasteiger partial charge in [-0.05, 0) is 24.5 Å². The first kappa shape index (κ1) is 18.0. The van der Waals surface area contributed by atoms with Crippen LogP contribution in [-0.4, -0.2) is 16.2 Å². The summed E-state index contributed by atoms with van der Waals surface area (Å²) in [5.74, 6) is -0.783. The van der Waals surface area contributed by atoms with Gasteiger partial charge in [-0.1, -0.05) is 38.7 Å². The third kappa shape index (κ3) is 4.60. The molecule has 5 nitrogen and oxygen atoms in total. The molecule has 5 heteroatoms. The van der Waals surface area contributed by atoms with Crippen LogP contribution in [0.5, 0.6) is 5.75 Å².